The number of nitrogens with zero attached hydrogens (tertiary/aromatic N) is 4. The lowest BCUT2D eigenvalue weighted by Gasteiger charge is -2.17. The highest BCUT2D eigenvalue weighted by Gasteiger charge is 2.15. The third kappa shape index (κ3) is 4.17. The van der Waals surface area contributed by atoms with E-state index in [4.69, 9.17) is 4.74 Å². The van der Waals surface area contributed by atoms with Crippen molar-refractivity contribution in [3.05, 3.63) is 30.5 Å². The van der Waals surface area contributed by atoms with Gasteiger partial charge in [-0.2, -0.15) is 10.1 Å². The molecule has 2 saturated heterocycles. The Hall–Kier alpha value is -2.41. The van der Waals surface area contributed by atoms with Gasteiger partial charge in [-0.3, -0.25) is 0 Å². The molecular weight excluding hydrogens is 316 g/mol. The zero-order valence-electron chi connectivity index (χ0n) is 14.3. The Kier molecular flexibility index (Phi) is 4.92. The number of rotatable bonds is 6. The van der Waals surface area contributed by atoms with Crippen LogP contribution in [-0.2, 0) is 4.74 Å². The van der Waals surface area contributed by atoms with Crippen molar-refractivity contribution >= 4 is 23.1 Å². The Morgan fingerprint density at radius 2 is 1.96 bits per heavy atom. The molecule has 0 aliphatic carbocycles. The normalized spacial score (nSPS) is 20.0. The van der Waals surface area contributed by atoms with Gasteiger partial charge in [-0.05, 0) is 49.9 Å². The van der Waals surface area contributed by atoms with Gasteiger partial charge in [0.2, 0.25) is 5.95 Å². The molecule has 3 heterocycles. The van der Waals surface area contributed by atoms with Crippen molar-refractivity contribution in [2.24, 2.45) is 0 Å². The maximum Gasteiger partial charge on any atom is 0.244 e. The highest BCUT2D eigenvalue weighted by atomic mass is 16.5. The number of ether oxygens (including phenoxy) is 1. The van der Waals surface area contributed by atoms with Crippen LogP contribution in [0.2, 0.25) is 0 Å². The number of benzene rings is 1. The number of anilines is 4. The summed E-state index contributed by atoms with van der Waals surface area (Å²) in [7, 11) is 0. The molecule has 2 aliphatic rings. The van der Waals surface area contributed by atoms with Crippen LogP contribution in [0.4, 0.5) is 23.1 Å². The Morgan fingerprint density at radius 1 is 1.12 bits per heavy atom. The number of aromatic nitrogens is 3. The van der Waals surface area contributed by atoms with Crippen molar-refractivity contribution in [2.45, 2.75) is 31.8 Å². The van der Waals surface area contributed by atoms with Gasteiger partial charge in [-0.1, -0.05) is 0 Å². The molecule has 0 spiro atoms. The van der Waals surface area contributed by atoms with Crippen molar-refractivity contribution in [1.29, 1.82) is 0 Å². The fraction of sp³-hybridized carbons (Fsp3) is 0.500. The van der Waals surface area contributed by atoms with Crippen molar-refractivity contribution in [1.82, 2.24) is 15.2 Å². The fourth-order valence-corrected chi connectivity index (χ4v) is 3.33. The second-order valence-electron chi connectivity index (χ2n) is 6.55. The van der Waals surface area contributed by atoms with Crippen LogP contribution in [-0.4, -0.2) is 47.5 Å². The van der Waals surface area contributed by atoms with Crippen LogP contribution in [0, 0.1) is 0 Å². The summed E-state index contributed by atoms with van der Waals surface area (Å²) in [6, 6.07) is 8.46. The molecule has 1 aromatic heterocycles. The summed E-state index contributed by atoms with van der Waals surface area (Å²) in [4.78, 5) is 6.89. The molecule has 2 fully saturated rings. The van der Waals surface area contributed by atoms with Crippen LogP contribution < -0.4 is 15.5 Å². The molecule has 4 rings (SSSR count). The largest absolute Gasteiger partial charge is 0.376 e. The van der Waals surface area contributed by atoms with Crippen molar-refractivity contribution in [2.75, 3.05) is 41.8 Å². The van der Waals surface area contributed by atoms with Crippen LogP contribution in [0.1, 0.15) is 25.7 Å². The molecule has 0 amide bonds. The van der Waals surface area contributed by atoms with E-state index in [1.807, 2.05) is 0 Å². The second-order valence-corrected chi connectivity index (χ2v) is 6.55. The van der Waals surface area contributed by atoms with Crippen LogP contribution in [0.15, 0.2) is 30.5 Å². The predicted molar refractivity (Wildman–Crippen MR) is 98.5 cm³/mol. The second kappa shape index (κ2) is 7.65. The summed E-state index contributed by atoms with van der Waals surface area (Å²) in [5.41, 5.74) is 2.27. The first-order valence-corrected chi connectivity index (χ1v) is 9.04. The van der Waals surface area contributed by atoms with Crippen LogP contribution in [0.3, 0.4) is 0 Å². The van der Waals surface area contributed by atoms with E-state index in [9.17, 15) is 0 Å². The average Bonchev–Trinajstić information content (AvgIpc) is 3.35. The van der Waals surface area contributed by atoms with E-state index in [2.05, 4.69) is 55.0 Å². The molecule has 7 nitrogen and oxygen atoms in total. The molecule has 0 bridgehead atoms. The smallest absolute Gasteiger partial charge is 0.244 e. The molecule has 1 aromatic carbocycles. The minimum absolute atomic E-state index is 0.248. The van der Waals surface area contributed by atoms with Crippen LogP contribution in [0.5, 0.6) is 0 Å². The quantitative estimate of drug-likeness (QED) is 0.837. The number of nitrogens with one attached hydrogen (secondary N) is 2. The highest BCUT2D eigenvalue weighted by molar-refractivity contribution is 5.61. The first kappa shape index (κ1) is 16.1. The van der Waals surface area contributed by atoms with Gasteiger partial charge in [0.05, 0.1) is 12.3 Å². The molecule has 2 aliphatic heterocycles. The average molecular weight is 340 g/mol. The van der Waals surface area contributed by atoms with E-state index in [1.165, 1.54) is 18.5 Å². The molecule has 2 aromatic rings. The summed E-state index contributed by atoms with van der Waals surface area (Å²) >= 11 is 0. The lowest BCUT2D eigenvalue weighted by Crippen LogP contribution is -2.20. The summed E-state index contributed by atoms with van der Waals surface area (Å²) in [5.74, 6) is 1.20. The molecule has 2 N–H and O–H groups in total. The van der Waals surface area contributed by atoms with Crippen LogP contribution >= 0.6 is 0 Å². The third-order valence-electron chi connectivity index (χ3n) is 4.68. The monoisotopic (exact) mass is 340 g/mol. The molecule has 0 saturated carbocycles. The first-order valence-electron chi connectivity index (χ1n) is 9.04. The molecule has 1 unspecified atom stereocenters. The summed E-state index contributed by atoms with van der Waals surface area (Å²) in [6.45, 7) is 3.88. The molecule has 132 valence electrons. The highest BCUT2D eigenvalue weighted by Crippen LogP contribution is 2.23. The standard InChI is InChI=1S/C18H24N6O/c1-2-10-24(9-1)15-7-5-14(6-8-15)21-17-13-20-23-18(22-17)19-12-16-4-3-11-25-16/h5-8,13,16H,1-4,9-12H2,(H2,19,21,22,23). The fourth-order valence-electron chi connectivity index (χ4n) is 3.33. The van der Waals surface area contributed by atoms with E-state index in [1.54, 1.807) is 6.20 Å². The van der Waals surface area contributed by atoms with E-state index in [-0.39, 0.29) is 6.10 Å². The summed E-state index contributed by atoms with van der Waals surface area (Å²) in [6.07, 6.45) is 6.66. The molecule has 25 heavy (non-hydrogen) atoms. The van der Waals surface area contributed by atoms with Gasteiger partial charge < -0.3 is 20.3 Å². The Balaban J connectivity index is 1.35. The zero-order chi connectivity index (χ0) is 16.9. The number of hydrogen-bond acceptors (Lipinski definition) is 7. The van der Waals surface area contributed by atoms with Crippen molar-refractivity contribution < 1.29 is 4.74 Å². The van der Waals surface area contributed by atoms with E-state index in [0.717, 1.165) is 44.8 Å². The van der Waals surface area contributed by atoms with Crippen LogP contribution in [0.25, 0.3) is 0 Å². The summed E-state index contributed by atoms with van der Waals surface area (Å²) in [5, 5.41) is 14.5. The zero-order valence-corrected chi connectivity index (χ0v) is 14.3. The lowest BCUT2D eigenvalue weighted by atomic mass is 10.2. The van der Waals surface area contributed by atoms with E-state index in [0.29, 0.717) is 11.8 Å². The Morgan fingerprint density at radius 3 is 2.72 bits per heavy atom. The summed E-state index contributed by atoms with van der Waals surface area (Å²) < 4.78 is 5.60. The maximum absolute atomic E-state index is 5.60. The topological polar surface area (TPSA) is 75.2 Å². The Labute approximate surface area is 147 Å². The van der Waals surface area contributed by atoms with Gasteiger partial charge in [0.25, 0.3) is 0 Å². The maximum atomic E-state index is 5.60. The molecular formula is C18H24N6O. The van der Waals surface area contributed by atoms with Gasteiger partial charge in [-0.15, -0.1) is 5.10 Å². The molecule has 7 heteroatoms. The minimum Gasteiger partial charge on any atom is -0.376 e. The number of hydrogen-bond donors (Lipinski definition) is 2. The predicted octanol–water partition coefficient (Wildman–Crippen LogP) is 2.81. The molecule has 0 radical (unpaired) electrons. The van der Waals surface area contributed by atoms with E-state index < -0.39 is 0 Å². The lowest BCUT2D eigenvalue weighted by molar-refractivity contribution is 0.120. The van der Waals surface area contributed by atoms with E-state index >= 15 is 0 Å². The minimum atomic E-state index is 0.248. The third-order valence-corrected chi connectivity index (χ3v) is 4.68. The van der Waals surface area contributed by atoms with Gasteiger partial charge in [0, 0.05) is 37.6 Å². The van der Waals surface area contributed by atoms with Gasteiger partial charge in [0.1, 0.15) is 0 Å². The van der Waals surface area contributed by atoms with Crippen molar-refractivity contribution in [3.8, 4) is 0 Å². The molecule has 1 atom stereocenters. The Bertz CT molecular complexity index is 680. The van der Waals surface area contributed by atoms with Gasteiger partial charge >= 0.3 is 0 Å². The van der Waals surface area contributed by atoms with Gasteiger partial charge in [0.15, 0.2) is 5.82 Å². The van der Waals surface area contributed by atoms with Gasteiger partial charge in [-0.25, -0.2) is 0 Å². The first-order chi connectivity index (χ1) is 12.4. The van der Waals surface area contributed by atoms with Crippen molar-refractivity contribution in [3.63, 3.8) is 0 Å². The SMILES string of the molecule is c1cc(N2CCCC2)ccc1Nc1cnnc(NCC2CCCO2)n1.